The largest absolute Gasteiger partial charge is 0.493 e. The van der Waals surface area contributed by atoms with Gasteiger partial charge in [-0.05, 0) is 182 Å². The predicted octanol–water partition coefficient (Wildman–Crippen LogP) is 25.5. The number of allylic oxidation sites excluding steroid dienone is 4. The van der Waals surface area contributed by atoms with E-state index in [-0.39, 0.29) is 36.5 Å². The lowest BCUT2D eigenvalue weighted by molar-refractivity contribution is -0.117. The van der Waals surface area contributed by atoms with Gasteiger partial charge in [-0.25, -0.2) is 4.79 Å². The van der Waals surface area contributed by atoms with E-state index < -0.39 is 11.5 Å². The molecule has 0 atom stereocenters. The van der Waals surface area contributed by atoms with Crippen LogP contribution >= 0.6 is 58.8 Å². The van der Waals surface area contributed by atoms with E-state index in [1.165, 1.54) is 131 Å². The van der Waals surface area contributed by atoms with E-state index in [9.17, 15) is 9.59 Å². The molecule has 0 spiro atoms. The Bertz CT molecular complexity index is 1930. The van der Waals surface area contributed by atoms with Crippen molar-refractivity contribution in [2.75, 3.05) is 49.5 Å². The number of methoxy groups -OCH3 is 2. The maximum absolute atomic E-state index is 12.5. The van der Waals surface area contributed by atoms with E-state index in [2.05, 4.69) is 184 Å². The summed E-state index contributed by atoms with van der Waals surface area (Å²) in [4.78, 5) is 29.8. The van der Waals surface area contributed by atoms with Crippen LogP contribution in [-0.2, 0) is 16.1 Å². The SMILES string of the molecule is C.C=C(C)SCCCCC(C)(C)C.C=C(CC)SCCCCC(C)(C)C.C=C(SCCCCC(C)(C)C)C(C)(C)C.C=C(SCCCCC(C)(C)C)C(C)C.COc1cc(C)c(COC(=O)NCC(C)(C)C(=O)SCCC(C)(C)C)cc1OC. The second kappa shape index (κ2) is 47.4. The Morgan fingerprint density at radius 2 is 0.917 bits per heavy atom. The quantitative estimate of drug-likeness (QED) is 0.0727. The average Bonchev–Trinajstić information content (AvgIpc) is 3.39. The Kier molecular flexibility index (Phi) is 51.5. The van der Waals surface area contributed by atoms with Gasteiger partial charge in [0.2, 0.25) is 0 Å². The van der Waals surface area contributed by atoms with Crippen LogP contribution in [0.25, 0.3) is 0 Å². The molecular weight excluding hydrogens is 1130 g/mol. The minimum Gasteiger partial charge on any atom is -0.493 e. The first-order valence-electron chi connectivity index (χ1n) is 31.2. The van der Waals surface area contributed by atoms with Crippen LogP contribution < -0.4 is 14.8 Å². The average molecular weight is 1270 g/mol. The lowest BCUT2D eigenvalue weighted by atomic mass is 9.90. The number of rotatable bonds is 31. The molecule has 1 amide bonds. The highest BCUT2D eigenvalue weighted by atomic mass is 32.2. The van der Waals surface area contributed by atoms with E-state index in [0.717, 1.165) is 29.7 Å². The lowest BCUT2D eigenvalue weighted by Crippen LogP contribution is -2.38. The number of aryl methyl sites for hydroxylation is 1. The van der Waals surface area contributed by atoms with Crippen molar-refractivity contribution >= 4 is 70.0 Å². The van der Waals surface area contributed by atoms with E-state index in [0.29, 0.717) is 39.1 Å². The first-order valence-corrected chi connectivity index (χ1v) is 36.2. The number of nitrogens with one attached hydrogen (secondary N) is 1. The van der Waals surface area contributed by atoms with E-state index in [4.69, 9.17) is 14.2 Å². The fourth-order valence-corrected chi connectivity index (χ4v) is 11.6. The molecule has 1 rings (SSSR count). The highest BCUT2D eigenvalue weighted by Gasteiger charge is 2.29. The third-order valence-electron chi connectivity index (χ3n) is 12.9. The minimum absolute atomic E-state index is 0. The van der Waals surface area contributed by atoms with Gasteiger partial charge in [-0.15, -0.1) is 47.0 Å². The zero-order valence-electron chi connectivity index (χ0n) is 59.5. The number of carbonyl (C=O) groups is 2. The molecule has 0 aliphatic rings. The van der Waals surface area contributed by atoms with Gasteiger partial charge < -0.3 is 19.5 Å². The number of benzene rings is 1. The smallest absolute Gasteiger partial charge is 0.407 e. The van der Waals surface area contributed by atoms with Crippen LogP contribution in [0.15, 0.2) is 58.1 Å². The first-order chi connectivity index (χ1) is 37.7. The molecule has 11 heteroatoms. The third kappa shape index (κ3) is 62.1. The van der Waals surface area contributed by atoms with E-state index >= 15 is 0 Å². The second-order valence-corrected chi connectivity index (χ2v) is 36.4. The van der Waals surface area contributed by atoms with Gasteiger partial charge in [-0.3, -0.25) is 4.79 Å². The third-order valence-corrected chi connectivity index (χ3v) is 19.1. The van der Waals surface area contributed by atoms with Gasteiger partial charge >= 0.3 is 6.09 Å². The van der Waals surface area contributed by atoms with Crippen LogP contribution in [0.4, 0.5) is 4.79 Å². The molecule has 0 bridgehead atoms. The van der Waals surface area contributed by atoms with E-state index in [1.807, 2.05) is 73.9 Å². The topological polar surface area (TPSA) is 73.9 Å². The molecular formula is C73H139NO5S5. The molecule has 0 saturated heterocycles. The van der Waals surface area contributed by atoms with Crippen molar-refractivity contribution in [3.05, 3.63) is 69.2 Å². The van der Waals surface area contributed by atoms with Gasteiger partial charge in [-0.1, -0.05) is 230 Å². The zero-order chi connectivity index (χ0) is 65.5. The molecule has 6 nitrogen and oxygen atoms in total. The van der Waals surface area contributed by atoms with Crippen LogP contribution in [0.5, 0.6) is 11.5 Å². The van der Waals surface area contributed by atoms with Gasteiger partial charge in [-0.2, -0.15) is 0 Å². The summed E-state index contributed by atoms with van der Waals surface area (Å²) >= 11 is 9.02. The standard InChI is InChI=1S/C22H35NO5S.C14H28S.C13H26S.C12H24S.C11H22S.CH4/c1-15-11-17(26-7)18(27-8)12-16(15)13-28-20(25)23-14-22(5,6)19(24)29-10-9-21(2,3)4;1-12(14(5,6)7)15-11-9-8-10-13(2,3)4;1-11(2)12(3)14-10-8-7-9-13(4,5)6;1-6-11(2)13-10-8-7-9-12(3,4)5;1-10(2)12-9-7-6-8-11(3,4)5;/h11-12H,9-10,13-14H2,1-8H3,(H,23,25);1,8-11H2,2-7H3;11H,3,7-10H2,1-2,4-6H3;2,6-10H2,1,3-5H3;1,6-9H2,2-5H3;1H4. The summed E-state index contributed by atoms with van der Waals surface area (Å²) in [6, 6.07) is 3.63. The van der Waals surface area contributed by atoms with Crippen molar-refractivity contribution < 1.29 is 23.8 Å². The number of thioether (sulfide) groups is 5. The minimum atomic E-state index is -0.666. The maximum Gasteiger partial charge on any atom is 0.407 e. The Morgan fingerprint density at radius 1 is 0.536 bits per heavy atom. The van der Waals surface area contributed by atoms with Crippen LogP contribution in [-0.4, -0.2) is 60.7 Å². The summed E-state index contributed by atoms with van der Waals surface area (Å²) in [5.74, 6) is 7.57. The van der Waals surface area contributed by atoms with Gasteiger partial charge in [0.1, 0.15) is 6.61 Å². The van der Waals surface area contributed by atoms with Crippen LogP contribution in [0.1, 0.15) is 275 Å². The number of alkyl carbamates (subject to hydrolysis) is 1. The lowest BCUT2D eigenvalue weighted by Gasteiger charge is -2.24. The van der Waals surface area contributed by atoms with Crippen LogP contribution in [0.2, 0.25) is 0 Å². The molecule has 1 aromatic rings. The molecule has 0 heterocycles. The monoisotopic (exact) mass is 1270 g/mol. The van der Waals surface area contributed by atoms with Gasteiger partial charge in [0.05, 0.1) is 19.6 Å². The summed E-state index contributed by atoms with van der Waals surface area (Å²) < 4.78 is 15.9. The summed E-state index contributed by atoms with van der Waals surface area (Å²) in [6.45, 7) is 71.5. The molecule has 0 aliphatic heterocycles. The molecule has 0 radical (unpaired) electrons. The highest BCUT2D eigenvalue weighted by molar-refractivity contribution is 8.13. The van der Waals surface area contributed by atoms with Crippen molar-refractivity contribution in [3.8, 4) is 11.5 Å². The molecule has 0 fully saturated rings. The van der Waals surface area contributed by atoms with Gasteiger partial charge in [0, 0.05) is 12.3 Å². The summed E-state index contributed by atoms with van der Waals surface area (Å²) in [5, 5.41) is 2.77. The normalized spacial score (nSPS) is 11.9. The number of hydrogen-bond donors (Lipinski definition) is 1. The molecule has 496 valence electrons. The number of hydrogen-bond acceptors (Lipinski definition) is 10. The highest BCUT2D eigenvalue weighted by Crippen LogP contribution is 2.35. The zero-order valence-corrected chi connectivity index (χ0v) is 63.6. The molecule has 0 saturated carbocycles. The fourth-order valence-electron chi connectivity index (χ4n) is 6.76. The number of carbonyl (C=O) groups excluding carboxylic acids is 2. The summed E-state index contributed by atoms with van der Waals surface area (Å²) in [6.07, 6.45) is 17.6. The Balaban J connectivity index is -0.000000326. The van der Waals surface area contributed by atoms with Crippen molar-refractivity contribution in [1.82, 2.24) is 5.32 Å². The molecule has 0 aromatic heterocycles. The van der Waals surface area contributed by atoms with E-state index in [1.54, 1.807) is 20.3 Å². The summed E-state index contributed by atoms with van der Waals surface area (Å²) in [7, 11) is 3.13. The second-order valence-electron chi connectivity index (χ2n) is 30.2. The molecule has 0 unspecified atom stereocenters. The Morgan fingerprint density at radius 3 is 1.27 bits per heavy atom. The number of amides is 1. The first kappa shape index (κ1) is 91.2. The Labute approximate surface area is 546 Å². The molecule has 1 aromatic carbocycles. The van der Waals surface area contributed by atoms with Gasteiger partial charge in [0.25, 0.3) is 0 Å². The van der Waals surface area contributed by atoms with Crippen molar-refractivity contribution in [2.45, 2.75) is 277 Å². The maximum atomic E-state index is 12.5. The van der Waals surface area contributed by atoms with Crippen molar-refractivity contribution in [3.63, 3.8) is 0 Å². The van der Waals surface area contributed by atoms with Crippen molar-refractivity contribution in [1.29, 1.82) is 0 Å². The number of unbranched alkanes of at least 4 members (excludes halogenated alkanes) is 4. The molecule has 84 heavy (non-hydrogen) atoms. The Hall–Kier alpha value is -1.53. The summed E-state index contributed by atoms with van der Waals surface area (Å²) in [5.41, 5.74) is 3.55. The van der Waals surface area contributed by atoms with Gasteiger partial charge in [0.15, 0.2) is 16.6 Å². The number of ether oxygens (including phenoxy) is 3. The predicted molar refractivity (Wildman–Crippen MR) is 394 cm³/mol. The molecule has 1 N–H and O–H groups in total. The van der Waals surface area contributed by atoms with Crippen molar-refractivity contribution in [2.24, 2.45) is 43.8 Å². The van der Waals surface area contributed by atoms with Crippen LogP contribution in [0.3, 0.4) is 0 Å². The van der Waals surface area contributed by atoms with Crippen LogP contribution in [0, 0.1) is 50.7 Å². The fraction of sp³-hybridized carbons (Fsp3) is 0.781. The molecule has 0 aliphatic carbocycles.